The average molecular weight is 235 g/mol. The van der Waals surface area contributed by atoms with Crippen LogP contribution >= 0.6 is 0 Å². The molecule has 1 rings (SSSR count). The van der Waals surface area contributed by atoms with Crippen LogP contribution in [-0.2, 0) is 16.1 Å². The first-order valence-electron chi connectivity index (χ1n) is 5.00. The van der Waals surface area contributed by atoms with Crippen molar-refractivity contribution in [1.29, 1.82) is 0 Å². The van der Waals surface area contributed by atoms with E-state index in [-0.39, 0.29) is 13.2 Å². The summed E-state index contributed by atoms with van der Waals surface area (Å²) in [5.41, 5.74) is 7.14. The van der Waals surface area contributed by atoms with Crippen LogP contribution < -0.4 is 0 Å². The zero-order valence-corrected chi connectivity index (χ0v) is 9.41. The quantitative estimate of drug-likeness (QED) is 0.364. The normalized spacial score (nSPS) is 13.3. The molecule has 0 heterocycles. The van der Waals surface area contributed by atoms with Gasteiger partial charge >= 0.3 is 5.97 Å². The van der Waals surface area contributed by atoms with Gasteiger partial charge < -0.3 is 9.84 Å². The highest BCUT2D eigenvalue weighted by Gasteiger charge is 2.31. The monoisotopic (exact) mass is 235 g/mol. The topological polar surface area (TPSA) is 95.3 Å². The lowest BCUT2D eigenvalue weighted by Gasteiger charge is -2.18. The number of esters is 1. The molecule has 6 heteroatoms. The van der Waals surface area contributed by atoms with E-state index in [1.807, 2.05) is 18.2 Å². The number of rotatable bonds is 5. The first-order chi connectivity index (χ1) is 8.06. The summed E-state index contributed by atoms with van der Waals surface area (Å²) >= 11 is 0. The maximum Gasteiger partial charge on any atom is 0.338 e. The van der Waals surface area contributed by atoms with Gasteiger partial charge in [-0.3, -0.25) is 0 Å². The third kappa shape index (κ3) is 4.14. The Balaban J connectivity index is 2.52. The molecule has 1 N–H and O–H groups in total. The molecule has 1 atom stereocenters. The van der Waals surface area contributed by atoms with Crippen LogP contribution in [0, 0.1) is 0 Å². The van der Waals surface area contributed by atoms with Crippen LogP contribution in [0.5, 0.6) is 0 Å². The second-order valence-electron chi connectivity index (χ2n) is 3.72. The maximum absolute atomic E-state index is 11.5. The highest BCUT2D eigenvalue weighted by atomic mass is 16.5. The van der Waals surface area contributed by atoms with Crippen molar-refractivity contribution >= 4 is 5.97 Å². The first-order valence-corrected chi connectivity index (χ1v) is 5.00. The van der Waals surface area contributed by atoms with E-state index in [0.29, 0.717) is 0 Å². The third-order valence-corrected chi connectivity index (χ3v) is 2.09. The fraction of sp³-hybridized carbons (Fsp3) is 0.364. The van der Waals surface area contributed by atoms with Gasteiger partial charge in [0.2, 0.25) is 0 Å². The Kier molecular flexibility index (Phi) is 4.51. The highest BCUT2D eigenvalue weighted by molar-refractivity contribution is 5.79. The number of carbonyl (C=O) groups excluding carboxylic acids is 1. The smallest absolute Gasteiger partial charge is 0.338 e. The van der Waals surface area contributed by atoms with Crippen LogP contribution in [0.3, 0.4) is 0 Å². The van der Waals surface area contributed by atoms with E-state index in [2.05, 4.69) is 10.0 Å². The van der Waals surface area contributed by atoms with Gasteiger partial charge in [-0.15, -0.1) is 0 Å². The van der Waals surface area contributed by atoms with Crippen molar-refractivity contribution < 1.29 is 14.6 Å². The minimum absolute atomic E-state index is 0.0755. The molecule has 0 aliphatic rings. The predicted molar refractivity (Wildman–Crippen MR) is 60.9 cm³/mol. The molecule has 6 nitrogen and oxygen atoms in total. The standard InChI is InChI=1S/C11H13N3O3/c1-11(16,8-13-14-12)10(15)17-7-9-5-3-2-4-6-9/h2-6,16H,7-8H2,1H3/t11-/m0/s1. The Labute approximate surface area is 98.5 Å². The van der Waals surface area contributed by atoms with Gasteiger partial charge in [0.05, 0.1) is 6.54 Å². The van der Waals surface area contributed by atoms with Crippen molar-refractivity contribution in [3.63, 3.8) is 0 Å². The van der Waals surface area contributed by atoms with Crippen LogP contribution in [0.15, 0.2) is 35.4 Å². The Morgan fingerprint density at radius 1 is 1.53 bits per heavy atom. The fourth-order valence-corrected chi connectivity index (χ4v) is 1.11. The fourth-order valence-electron chi connectivity index (χ4n) is 1.11. The molecule has 17 heavy (non-hydrogen) atoms. The molecule has 0 spiro atoms. The second kappa shape index (κ2) is 5.89. The van der Waals surface area contributed by atoms with E-state index in [9.17, 15) is 9.90 Å². The summed E-state index contributed by atoms with van der Waals surface area (Å²) in [5, 5.41) is 12.8. The number of hydrogen-bond acceptors (Lipinski definition) is 4. The average Bonchev–Trinajstić information content (AvgIpc) is 2.34. The molecule has 0 unspecified atom stereocenters. The van der Waals surface area contributed by atoms with Gasteiger partial charge in [-0.2, -0.15) is 0 Å². The Morgan fingerprint density at radius 3 is 2.76 bits per heavy atom. The van der Waals surface area contributed by atoms with E-state index in [0.717, 1.165) is 5.56 Å². The summed E-state index contributed by atoms with van der Waals surface area (Å²) in [4.78, 5) is 14.0. The Hall–Kier alpha value is -2.04. The SMILES string of the molecule is C[C@](O)(CN=[N+]=[N-])C(=O)OCc1ccccc1. The molecule has 0 aromatic heterocycles. The summed E-state index contributed by atoms with van der Waals surface area (Å²) in [5.74, 6) is -0.811. The number of benzene rings is 1. The van der Waals surface area contributed by atoms with Crippen molar-refractivity contribution in [2.24, 2.45) is 5.11 Å². The largest absolute Gasteiger partial charge is 0.459 e. The number of carbonyl (C=O) groups is 1. The molecule has 0 amide bonds. The third-order valence-electron chi connectivity index (χ3n) is 2.09. The van der Waals surface area contributed by atoms with Gasteiger partial charge in [0.1, 0.15) is 6.61 Å². The molecule has 0 aliphatic carbocycles. The molecule has 1 aromatic rings. The van der Waals surface area contributed by atoms with Crippen LogP contribution in [0.4, 0.5) is 0 Å². The summed E-state index contributed by atoms with van der Waals surface area (Å²) < 4.78 is 4.92. The zero-order valence-electron chi connectivity index (χ0n) is 9.41. The van der Waals surface area contributed by atoms with Gasteiger partial charge in [0, 0.05) is 4.91 Å². The van der Waals surface area contributed by atoms with Crippen molar-refractivity contribution in [3.05, 3.63) is 46.3 Å². The minimum atomic E-state index is -1.79. The molecule has 0 saturated carbocycles. The van der Waals surface area contributed by atoms with Crippen LogP contribution in [0.1, 0.15) is 12.5 Å². The predicted octanol–water partition coefficient (Wildman–Crippen LogP) is 1.79. The van der Waals surface area contributed by atoms with E-state index in [4.69, 9.17) is 10.3 Å². The van der Waals surface area contributed by atoms with Crippen molar-refractivity contribution in [3.8, 4) is 0 Å². The first kappa shape index (κ1) is 13.0. The number of hydrogen-bond donors (Lipinski definition) is 1. The van der Waals surface area contributed by atoms with E-state index < -0.39 is 11.6 Å². The minimum Gasteiger partial charge on any atom is -0.459 e. The molecule has 0 bridgehead atoms. The van der Waals surface area contributed by atoms with Crippen molar-refractivity contribution in [1.82, 2.24) is 0 Å². The van der Waals surface area contributed by atoms with Crippen LogP contribution in [-0.4, -0.2) is 23.2 Å². The Bertz CT molecular complexity index is 425. The van der Waals surface area contributed by atoms with Crippen molar-refractivity contribution in [2.45, 2.75) is 19.1 Å². The molecular formula is C11H13N3O3. The number of ether oxygens (including phenoxy) is 1. The van der Waals surface area contributed by atoms with Crippen molar-refractivity contribution in [2.75, 3.05) is 6.54 Å². The molecule has 1 aromatic carbocycles. The summed E-state index contributed by atoms with van der Waals surface area (Å²) in [7, 11) is 0. The molecule has 0 radical (unpaired) electrons. The number of nitrogens with zero attached hydrogens (tertiary/aromatic N) is 3. The summed E-state index contributed by atoms with van der Waals surface area (Å²) in [6, 6.07) is 9.09. The summed E-state index contributed by atoms with van der Waals surface area (Å²) in [6.45, 7) is 0.970. The molecule has 0 saturated heterocycles. The van der Waals surface area contributed by atoms with Gasteiger partial charge in [-0.25, -0.2) is 4.79 Å². The summed E-state index contributed by atoms with van der Waals surface area (Å²) in [6.07, 6.45) is 0. The van der Waals surface area contributed by atoms with Gasteiger partial charge in [-0.1, -0.05) is 35.4 Å². The van der Waals surface area contributed by atoms with Gasteiger partial charge in [-0.05, 0) is 18.0 Å². The second-order valence-corrected chi connectivity index (χ2v) is 3.72. The lowest BCUT2D eigenvalue weighted by atomic mass is 10.1. The van der Waals surface area contributed by atoms with Gasteiger partial charge in [0.25, 0.3) is 0 Å². The van der Waals surface area contributed by atoms with E-state index >= 15 is 0 Å². The lowest BCUT2D eigenvalue weighted by Crippen LogP contribution is -2.39. The van der Waals surface area contributed by atoms with E-state index in [1.165, 1.54) is 6.92 Å². The van der Waals surface area contributed by atoms with E-state index in [1.54, 1.807) is 12.1 Å². The molecular weight excluding hydrogens is 222 g/mol. The molecule has 0 aliphatic heterocycles. The molecule has 0 fully saturated rings. The Morgan fingerprint density at radius 2 is 2.18 bits per heavy atom. The van der Waals surface area contributed by atoms with Gasteiger partial charge in [0.15, 0.2) is 5.60 Å². The van der Waals surface area contributed by atoms with Crippen LogP contribution in [0.2, 0.25) is 0 Å². The zero-order chi connectivity index (χ0) is 12.7. The lowest BCUT2D eigenvalue weighted by molar-refractivity contribution is -0.164. The number of aliphatic hydroxyl groups is 1. The highest BCUT2D eigenvalue weighted by Crippen LogP contribution is 2.09. The maximum atomic E-state index is 11.5. The van der Waals surface area contributed by atoms with Crippen LogP contribution in [0.25, 0.3) is 10.4 Å². The number of azide groups is 1. The molecule has 90 valence electrons.